The summed E-state index contributed by atoms with van der Waals surface area (Å²) in [6.07, 6.45) is 0. The summed E-state index contributed by atoms with van der Waals surface area (Å²) in [5.74, 6) is 0.918. The molecule has 1 aromatic carbocycles. The molecule has 5 nitrogen and oxygen atoms in total. The van der Waals surface area contributed by atoms with Crippen LogP contribution in [0.1, 0.15) is 49.2 Å². The second-order valence-electron chi connectivity index (χ2n) is 7.04. The SMILES string of the molecule is CCn1c(C(C)N(CC(C)C)C(=O)c2cccs2)nc2ccccc2c1=O. The van der Waals surface area contributed by atoms with E-state index < -0.39 is 0 Å². The molecule has 2 aromatic heterocycles. The van der Waals surface area contributed by atoms with Gasteiger partial charge in [-0.25, -0.2) is 4.98 Å². The van der Waals surface area contributed by atoms with Crippen molar-refractivity contribution in [3.05, 3.63) is 62.8 Å². The Bertz CT molecular complexity index is 992. The maximum Gasteiger partial charge on any atom is 0.264 e. The summed E-state index contributed by atoms with van der Waals surface area (Å²) in [5, 5.41) is 2.51. The van der Waals surface area contributed by atoms with Gasteiger partial charge in [0.2, 0.25) is 0 Å². The zero-order chi connectivity index (χ0) is 19.6. The fourth-order valence-electron chi connectivity index (χ4n) is 3.30. The van der Waals surface area contributed by atoms with Crippen LogP contribution in [-0.2, 0) is 6.54 Å². The summed E-state index contributed by atoms with van der Waals surface area (Å²) in [5.41, 5.74) is 0.611. The van der Waals surface area contributed by atoms with Gasteiger partial charge in [-0.05, 0) is 43.3 Å². The first-order valence-corrected chi connectivity index (χ1v) is 10.2. The van der Waals surface area contributed by atoms with E-state index in [2.05, 4.69) is 13.8 Å². The Kier molecular flexibility index (Phi) is 5.75. The number of carbonyl (C=O) groups excluding carboxylic acids is 1. The molecule has 2 heterocycles. The molecular weight excluding hydrogens is 358 g/mol. The van der Waals surface area contributed by atoms with Crippen LogP contribution in [-0.4, -0.2) is 26.9 Å². The number of aromatic nitrogens is 2. The first-order chi connectivity index (χ1) is 12.9. The van der Waals surface area contributed by atoms with Gasteiger partial charge in [0.05, 0.1) is 21.8 Å². The van der Waals surface area contributed by atoms with Gasteiger partial charge in [-0.15, -0.1) is 11.3 Å². The smallest absolute Gasteiger partial charge is 0.264 e. The topological polar surface area (TPSA) is 55.2 Å². The van der Waals surface area contributed by atoms with Crippen molar-refractivity contribution in [3.63, 3.8) is 0 Å². The fraction of sp³-hybridized carbons (Fsp3) is 0.381. The largest absolute Gasteiger partial charge is 0.328 e. The summed E-state index contributed by atoms with van der Waals surface area (Å²) in [4.78, 5) is 33.4. The van der Waals surface area contributed by atoms with Crippen molar-refractivity contribution in [3.8, 4) is 0 Å². The van der Waals surface area contributed by atoms with E-state index in [-0.39, 0.29) is 17.5 Å². The highest BCUT2D eigenvalue weighted by Gasteiger charge is 2.27. The molecule has 0 spiro atoms. The highest BCUT2D eigenvalue weighted by atomic mass is 32.1. The highest BCUT2D eigenvalue weighted by Crippen LogP contribution is 2.24. The molecule has 0 saturated heterocycles. The minimum absolute atomic E-state index is 0.0174. The number of para-hydroxylation sites is 1. The highest BCUT2D eigenvalue weighted by molar-refractivity contribution is 7.12. The third kappa shape index (κ3) is 3.81. The molecule has 3 rings (SSSR count). The van der Waals surface area contributed by atoms with Gasteiger partial charge in [0.15, 0.2) is 0 Å². The van der Waals surface area contributed by atoms with E-state index in [0.29, 0.717) is 40.6 Å². The quantitative estimate of drug-likeness (QED) is 0.636. The molecule has 0 aliphatic rings. The number of fused-ring (bicyclic) bond motifs is 1. The van der Waals surface area contributed by atoms with Crippen LogP contribution in [0.2, 0.25) is 0 Å². The Balaban J connectivity index is 2.11. The molecule has 0 radical (unpaired) electrons. The molecule has 3 aromatic rings. The lowest BCUT2D eigenvalue weighted by Crippen LogP contribution is -2.39. The monoisotopic (exact) mass is 383 g/mol. The zero-order valence-electron chi connectivity index (χ0n) is 16.2. The van der Waals surface area contributed by atoms with Crippen LogP contribution in [0.5, 0.6) is 0 Å². The van der Waals surface area contributed by atoms with Crippen LogP contribution in [0.15, 0.2) is 46.6 Å². The number of hydrogen-bond donors (Lipinski definition) is 0. The minimum atomic E-state index is -0.306. The van der Waals surface area contributed by atoms with E-state index >= 15 is 0 Å². The number of benzene rings is 1. The van der Waals surface area contributed by atoms with E-state index in [1.54, 1.807) is 10.6 Å². The van der Waals surface area contributed by atoms with Gasteiger partial charge in [0.25, 0.3) is 11.5 Å². The van der Waals surface area contributed by atoms with Crippen molar-refractivity contribution in [2.45, 2.75) is 40.3 Å². The van der Waals surface area contributed by atoms with E-state index in [1.165, 1.54) is 11.3 Å². The van der Waals surface area contributed by atoms with Crippen molar-refractivity contribution < 1.29 is 4.79 Å². The molecule has 0 fully saturated rings. The maximum absolute atomic E-state index is 13.1. The first kappa shape index (κ1) is 19.3. The van der Waals surface area contributed by atoms with Crippen LogP contribution < -0.4 is 5.56 Å². The number of hydrogen-bond acceptors (Lipinski definition) is 4. The summed E-state index contributed by atoms with van der Waals surface area (Å²) >= 11 is 1.43. The average molecular weight is 384 g/mol. The van der Waals surface area contributed by atoms with Gasteiger partial charge in [0.1, 0.15) is 5.82 Å². The lowest BCUT2D eigenvalue weighted by Gasteiger charge is -2.31. The summed E-state index contributed by atoms with van der Waals surface area (Å²) in [6, 6.07) is 10.8. The molecule has 1 amide bonds. The van der Waals surface area contributed by atoms with E-state index in [4.69, 9.17) is 4.98 Å². The Labute approximate surface area is 163 Å². The van der Waals surface area contributed by atoms with Crippen molar-refractivity contribution in [2.24, 2.45) is 5.92 Å². The second-order valence-corrected chi connectivity index (χ2v) is 7.99. The molecule has 0 bridgehead atoms. The van der Waals surface area contributed by atoms with Gasteiger partial charge in [-0.1, -0.05) is 32.0 Å². The van der Waals surface area contributed by atoms with Gasteiger partial charge in [-0.2, -0.15) is 0 Å². The van der Waals surface area contributed by atoms with Crippen molar-refractivity contribution in [1.82, 2.24) is 14.5 Å². The van der Waals surface area contributed by atoms with Crippen LogP contribution >= 0.6 is 11.3 Å². The van der Waals surface area contributed by atoms with Crippen molar-refractivity contribution in [2.75, 3.05) is 6.54 Å². The summed E-state index contributed by atoms with van der Waals surface area (Å²) in [6.45, 7) is 9.17. The molecule has 6 heteroatoms. The standard InChI is InChI=1S/C21H25N3O2S/c1-5-23-19(22-17-10-7-6-9-16(17)20(23)25)15(4)24(13-14(2)3)21(26)18-11-8-12-27-18/h6-12,14-15H,5,13H2,1-4H3. The Morgan fingerprint density at radius 2 is 1.93 bits per heavy atom. The predicted molar refractivity (Wildman–Crippen MR) is 110 cm³/mol. The number of carbonyl (C=O) groups is 1. The third-order valence-electron chi connectivity index (χ3n) is 4.60. The average Bonchev–Trinajstić information content (AvgIpc) is 3.19. The number of nitrogens with zero attached hydrogens (tertiary/aromatic N) is 3. The zero-order valence-corrected chi connectivity index (χ0v) is 17.0. The maximum atomic E-state index is 13.1. The van der Waals surface area contributed by atoms with Gasteiger partial charge in [0, 0.05) is 13.1 Å². The summed E-state index contributed by atoms with van der Waals surface area (Å²) < 4.78 is 1.68. The van der Waals surface area contributed by atoms with Crippen LogP contribution in [0.3, 0.4) is 0 Å². The van der Waals surface area contributed by atoms with Crippen LogP contribution in [0.25, 0.3) is 10.9 Å². The normalized spacial score (nSPS) is 12.5. The van der Waals surface area contributed by atoms with E-state index in [1.807, 2.05) is 54.5 Å². The predicted octanol–water partition coefficient (Wildman–Crippen LogP) is 4.34. The lowest BCUT2D eigenvalue weighted by molar-refractivity contribution is 0.0658. The Morgan fingerprint density at radius 3 is 2.56 bits per heavy atom. The van der Waals surface area contributed by atoms with Crippen molar-refractivity contribution in [1.29, 1.82) is 0 Å². The van der Waals surface area contributed by atoms with E-state index in [0.717, 1.165) is 0 Å². The van der Waals surface area contributed by atoms with Gasteiger partial charge in [-0.3, -0.25) is 14.2 Å². The van der Waals surface area contributed by atoms with Gasteiger partial charge < -0.3 is 4.90 Å². The molecule has 0 aliphatic carbocycles. The Hall–Kier alpha value is -2.47. The molecule has 142 valence electrons. The van der Waals surface area contributed by atoms with Crippen LogP contribution in [0, 0.1) is 5.92 Å². The molecular formula is C21H25N3O2S. The summed E-state index contributed by atoms with van der Waals surface area (Å²) in [7, 11) is 0. The molecule has 1 unspecified atom stereocenters. The Morgan fingerprint density at radius 1 is 1.19 bits per heavy atom. The molecule has 1 atom stereocenters. The fourth-order valence-corrected chi connectivity index (χ4v) is 3.98. The number of rotatable bonds is 6. The molecule has 0 N–H and O–H groups in total. The molecule has 0 saturated carbocycles. The van der Waals surface area contributed by atoms with E-state index in [9.17, 15) is 9.59 Å². The lowest BCUT2D eigenvalue weighted by atomic mass is 10.1. The molecule has 0 aliphatic heterocycles. The first-order valence-electron chi connectivity index (χ1n) is 9.28. The van der Waals surface area contributed by atoms with Crippen LogP contribution in [0.4, 0.5) is 0 Å². The third-order valence-corrected chi connectivity index (χ3v) is 5.46. The van der Waals surface area contributed by atoms with Gasteiger partial charge >= 0.3 is 0 Å². The molecule has 27 heavy (non-hydrogen) atoms. The number of thiophene rings is 1. The minimum Gasteiger partial charge on any atom is -0.328 e. The second kappa shape index (κ2) is 8.05. The van der Waals surface area contributed by atoms with Crippen molar-refractivity contribution >= 4 is 28.1 Å². The number of amides is 1.